The smallest absolute Gasteiger partial charge is 0.146 e. The minimum Gasteiger partial charge on any atom is -0.497 e. The van der Waals surface area contributed by atoms with Crippen molar-refractivity contribution in [1.29, 1.82) is 0 Å². The quantitative estimate of drug-likeness (QED) is 0.801. The monoisotopic (exact) mass is 210 g/mol. The number of hydrogen-bond acceptors (Lipinski definition) is 3. The largest absolute Gasteiger partial charge is 0.497 e. The van der Waals surface area contributed by atoms with Crippen molar-refractivity contribution in [2.45, 2.75) is 12.5 Å². The highest BCUT2D eigenvalue weighted by molar-refractivity contribution is 5.53. The number of benzene rings is 1. The molecule has 0 radical (unpaired) electrons. The second-order valence-electron chi connectivity index (χ2n) is 3.81. The summed E-state index contributed by atoms with van der Waals surface area (Å²) >= 11 is 0. The van der Waals surface area contributed by atoms with Gasteiger partial charge < -0.3 is 15.4 Å². The lowest BCUT2D eigenvalue weighted by molar-refractivity contribution is 0.413. The van der Waals surface area contributed by atoms with Gasteiger partial charge in [-0.1, -0.05) is 0 Å². The molecule has 4 heteroatoms. The number of nitrogens with zero attached hydrogens (tertiary/aromatic N) is 1. The van der Waals surface area contributed by atoms with Gasteiger partial charge >= 0.3 is 0 Å². The van der Waals surface area contributed by atoms with Gasteiger partial charge in [0.25, 0.3) is 0 Å². The predicted octanol–water partition coefficient (Wildman–Crippen LogP) is 1.37. The van der Waals surface area contributed by atoms with Gasteiger partial charge in [0, 0.05) is 25.2 Å². The van der Waals surface area contributed by atoms with Crippen molar-refractivity contribution in [2.75, 3.05) is 25.1 Å². The zero-order valence-corrected chi connectivity index (χ0v) is 8.74. The fourth-order valence-corrected chi connectivity index (χ4v) is 1.87. The van der Waals surface area contributed by atoms with Crippen molar-refractivity contribution in [2.24, 2.45) is 5.73 Å². The molecule has 82 valence electrons. The minimum absolute atomic E-state index is 0.149. The Bertz CT molecular complexity index is 356. The number of halogens is 1. The van der Waals surface area contributed by atoms with Gasteiger partial charge in [-0.3, -0.25) is 0 Å². The molecule has 1 saturated heterocycles. The molecule has 1 heterocycles. The van der Waals surface area contributed by atoms with Gasteiger partial charge in [0.2, 0.25) is 0 Å². The van der Waals surface area contributed by atoms with E-state index in [4.69, 9.17) is 10.5 Å². The van der Waals surface area contributed by atoms with Crippen molar-refractivity contribution >= 4 is 5.69 Å². The molecule has 15 heavy (non-hydrogen) atoms. The van der Waals surface area contributed by atoms with Crippen molar-refractivity contribution in [3.05, 3.63) is 24.0 Å². The van der Waals surface area contributed by atoms with E-state index < -0.39 is 0 Å². The Labute approximate surface area is 88.6 Å². The summed E-state index contributed by atoms with van der Waals surface area (Å²) in [6, 6.07) is 4.91. The van der Waals surface area contributed by atoms with Gasteiger partial charge in [-0.05, 0) is 18.6 Å². The topological polar surface area (TPSA) is 38.5 Å². The zero-order valence-electron chi connectivity index (χ0n) is 8.74. The third kappa shape index (κ3) is 2.04. The number of methoxy groups -OCH3 is 1. The highest BCUT2D eigenvalue weighted by Gasteiger charge is 2.21. The summed E-state index contributed by atoms with van der Waals surface area (Å²) in [6.07, 6.45) is 0.913. The molecule has 1 aromatic rings. The summed E-state index contributed by atoms with van der Waals surface area (Å²) in [5.41, 5.74) is 6.37. The number of rotatable bonds is 2. The molecule has 2 rings (SSSR count). The van der Waals surface area contributed by atoms with E-state index in [0.29, 0.717) is 18.0 Å². The molecule has 0 spiro atoms. The van der Waals surface area contributed by atoms with Gasteiger partial charge in [-0.25, -0.2) is 4.39 Å². The van der Waals surface area contributed by atoms with Crippen LogP contribution in [-0.4, -0.2) is 26.2 Å². The van der Waals surface area contributed by atoms with Gasteiger partial charge in [0.1, 0.15) is 11.6 Å². The summed E-state index contributed by atoms with van der Waals surface area (Å²) in [5.74, 6) is 0.455. The van der Waals surface area contributed by atoms with Crippen LogP contribution in [0.4, 0.5) is 10.1 Å². The first-order valence-corrected chi connectivity index (χ1v) is 5.05. The first-order chi connectivity index (χ1) is 7.20. The SMILES string of the molecule is COc1ccc(F)c(N2CCC(N)C2)c1. The lowest BCUT2D eigenvalue weighted by atomic mass is 10.2. The highest BCUT2D eigenvalue weighted by Crippen LogP contribution is 2.27. The van der Waals surface area contributed by atoms with Gasteiger partial charge in [-0.2, -0.15) is 0 Å². The summed E-state index contributed by atoms with van der Waals surface area (Å²) < 4.78 is 18.6. The maximum atomic E-state index is 13.5. The maximum absolute atomic E-state index is 13.5. The predicted molar refractivity (Wildman–Crippen MR) is 57.8 cm³/mol. The van der Waals surface area contributed by atoms with Gasteiger partial charge in [-0.15, -0.1) is 0 Å². The Balaban J connectivity index is 2.26. The van der Waals surface area contributed by atoms with E-state index in [1.807, 2.05) is 4.90 Å². The second kappa shape index (κ2) is 4.06. The molecule has 0 aliphatic carbocycles. The molecule has 0 amide bonds. The van der Waals surface area contributed by atoms with E-state index >= 15 is 0 Å². The van der Waals surface area contributed by atoms with Crippen LogP contribution in [0.25, 0.3) is 0 Å². The number of nitrogens with two attached hydrogens (primary N) is 1. The Morgan fingerprint density at radius 3 is 2.93 bits per heavy atom. The third-order valence-electron chi connectivity index (χ3n) is 2.72. The first-order valence-electron chi connectivity index (χ1n) is 5.05. The minimum atomic E-state index is -0.218. The van der Waals surface area contributed by atoms with Crippen molar-refractivity contribution < 1.29 is 9.13 Å². The second-order valence-corrected chi connectivity index (χ2v) is 3.81. The van der Waals surface area contributed by atoms with E-state index in [1.54, 1.807) is 19.2 Å². The number of hydrogen-bond donors (Lipinski definition) is 1. The molecule has 1 fully saturated rings. The van der Waals surface area contributed by atoms with Crippen LogP contribution in [0.2, 0.25) is 0 Å². The molecule has 1 aromatic carbocycles. The molecule has 2 N–H and O–H groups in total. The van der Waals surface area contributed by atoms with Crippen LogP contribution in [0.1, 0.15) is 6.42 Å². The summed E-state index contributed by atoms with van der Waals surface area (Å²) in [7, 11) is 1.58. The zero-order chi connectivity index (χ0) is 10.8. The molecule has 1 aliphatic heterocycles. The molecule has 0 bridgehead atoms. The maximum Gasteiger partial charge on any atom is 0.146 e. The molecule has 3 nitrogen and oxygen atoms in total. The highest BCUT2D eigenvalue weighted by atomic mass is 19.1. The number of anilines is 1. The Hall–Kier alpha value is -1.29. The molecular weight excluding hydrogens is 195 g/mol. The van der Waals surface area contributed by atoms with Gasteiger partial charge in [0.05, 0.1) is 12.8 Å². The molecule has 1 atom stereocenters. The average Bonchev–Trinajstić information content (AvgIpc) is 2.65. The van der Waals surface area contributed by atoms with Crippen molar-refractivity contribution in [3.63, 3.8) is 0 Å². The normalized spacial score (nSPS) is 20.7. The van der Waals surface area contributed by atoms with E-state index in [9.17, 15) is 4.39 Å². The average molecular weight is 210 g/mol. The summed E-state index contributed by atoms with van der Waals surface area (Å²) in [5, 5.41) is 0. The van der Waals surface area contributed by atoms with E-state index in [1.165, 1.54) is 6.07 Å². The lowest BCUT2D eigenvalue weighted by Gasteiger charge is -2.19. The van der Waals surface area contributed by atoms with Crippen LogP contribution in [0.5, 0.6) is 5.75 Å². The van der Waals surface area contributed by atoms with Crippen LogP contribution in [0, 0.1) is 5.82 Å². The molecular formula is C11H15FN2O. The summed E-state index contributed by atoms with van der Waals surface area (Å²) in [4.78, 5) is 1.96. The molecule has 0 aromatic heterocycles. The third-order valence-corrected chi connectivity index (χ3v) is 2.72. The van der Waals surface area contributed by atoms with Crippen LogP contribution in [-0.2, 0) is 0 Å². The van der Waals surface area contributed by atoms with E-state index in [0.717, 1.165) is 13.0 Å². The fraction of sp³-hybridized carbons (Fsp3) is 0.455. The van der Waals surface area contributed by atoms with Crippen LogP contribution < -0.4 is 15.4 Å². The van der Waals surface area contributed by atoms with E-state index in [2.05, 4.69) is 0 Å². The first kappa shape index (κ1) is 10.2. The van der Waals surface area contributed by atoms with Gasteiger partial charge in [0.15, 0.2) is 0 Å². The Kier molecular flexibility index (Phi) is 2.77. The molecule has 0 saturated carbocycles. The van der Waals surface area contributed by atoms with Crippen LogP contribution in [0.3, 0.4) is 0 Å². The van der Waals surface area contributed by atoms with E-state index in [-0.39, 0.29) is 11.9 Å². The molecule has 1 unspecified atom stereocenters. The standard InChI is InChI=1S/C11H15FN2O/c1-15-9-2-3-10(12)11(6-9)14-5-4-8(13)7-14/h2-3,6,8H,4-5,7,13H2,1H3. The van der Waals surface area contributed by atoms with Crippen molar-refractivity contribution in [1.82, 2.24) is 0 Å². The Morgan fingerprint density at radius 2 is 2.33 bits per heavy atom. The lowest BCUT2D eigenvalue weighted by Crippen LogP contribution is -2.26. The Morgan fingerprint density at radius 1 is 1.53 bits per heavy atom. The summed E-state index contributed by atoms with van der Waals surface area (Å²) in [6.45, 7) is 1.52. The fourth-order valence-electron chi connectivity index (χ4n) is 1.87. The van der Waals surface area contributed by atoms with Crippen LogP contribution >= 0.6 is 0 Å². The number of ether oxygens (including phenoxy) is 1. The van der Waals surface area contributed by atoms with Crippen LogP contribution in [0.15, 0.2) is 18.2 Å². The molecule has 1 aliphatic rings. The van der Waals surface area contributed by atoms with Crippen molar-refractivity contribution in [3.8, 4) is 5.75 Å².